The van der Waals surface area contributed by atoms with Gasteiger partial charge in [-0.25, -0.2) is 9.97 Å². The number of aromatic nitrogens is 2. The highest BCUT2D eigenvalue weighted by Crippen LogP contribution is 2.28. The normalized spacial score (nSPS) is 15.1. The van der Waals surface area contributed by atoms with Gasteiger partial charge in [0.25, 0.3) is 0 Å². The zero-order valence-corrected chi connectivity index (χ0v) is 9.57. The van der Waals surface area contributed by atoms with E-state index in [-0.39, 0.29) is 0 Å². The molecule has 0 unspecified atom stereocenters. The zero-order valence-electron chi connectivity index (χ0n) is 9.57. The first-order valence-corrected chi connectivity index (χ1v) is 5.73. The molecule has 1 fully saturated rings. The molecule has 1 saturated carbocycles. The van der Waals surface area contributed by atoms with Gasteiger partial charge in [-0.05, 0) is 25.7 Å². The third kappa shape index (κ3) is 3.34. The number of nitrogen functional groups attached to an aromatic ring is 1. The Morgan fingerprint density at radius 2 is 2.31 bits per heavy atom. The van der Waals surface area contributed by atoms with Crippen molar-refractivity contribution in [3.63, 3.8) is 0 Å². The minimum absolute atomic E-state index is 0.416. The van der Waals surface area contributed by atoms with E-state index >= 15 is 0 Å². The van der Waals surface area contributed by atoms with Crippen molar-refractivity contribution < 1.29 is 4.74 Å². The fourth-order valence-corrected chi connectivity index (χ4v) is 1.44. The van der Waals surface area contributed by atoms with Gasteiger partial charge in [0.1, 0.15) is 18.2 Å². The monoisotopic (exact) mass is 222 g/mol. The average molecular weight is 222 g/mol. The standard InChI is InChI=1S/C11H18N4O/c1-2-16-7-11-14-9(12)5-10(15-11)13-6-8-3-4-8/h5,8H,2-4,6-7H2,1H3,(H3,12,13,14,15). The van der Waals surface area contributed by atoms with Gasteiger partial charge in [0.2, 0.25) is 0 Å². The quantitative estimate of drug-likeness (QED) is 0.761. The summed E-state index contributed by atoms with van der Waals surface area (Å²) < 4.78 is 5.26. The van der Waals surface area contributed by atoms with Crippen LogP contribution in [0.15, 0.2) is 6.07 Å². The smallest absolute Gasteiger partial charge is 0.158 e. The SMILES string of the molecule is CCOCc1nc(N)cc(NCC2CC2)n1. The molecule has 1 heterocycles. The summed E-state index contributed by atoms with van der Waals surface area (Å²) in [4.78, 5) is 8.46. The van der Waals surface area contributed by atoms with Crippen molar-refractivity contribution in [1.29, 1.82) is 0 Å². The van der Waals surface area contributed by atoms with Gasteiger partial charge >= 0.3 is 0 Å². The lowest BCUT2D eigenvalue weighted by Gasteiger charge is -2.07. The van der Waals surface area contributed by atoms with Crippen LogP contribution in [0.2, 0.25) is 0 Å². The second-order valence-corrected chi connectivity index (χ2v) is 4.06. The maximum atomic E-state index is 5.71. The molecule has 1 aliphatic carbocycles. The molecule has 0 saturated heterocycles. The summed E-state index contributed by atoms with van der Waals surface area (Å²) in [5, 5.41) is 3.28. The average Bonchev–Trinajstić information content (AvgIpc) is 3.07. The Labute approximate surface area is 95.4 Å². The number of nitrogens with one attached hydrogen (secondary N) is 1. The minimum atomic E-state index is 0.416. The van der Waals surface area contributed by atoms with Crippen molar-refractivity contribution in [3.05, 3.63) is 11.9 Å². The van der Waals surface area contributed by atoms with Crippen LogP contribution >= 0.6 is 0 Å². The fraction of sp³-hybridized carbons (Fsp3) is 0.636. The fourth-order valence-electron chi connectivity index (χ4n) is 1.44. The molecule has 0 aromatic carbocycles. The second-order valence-electron chi connectivity index (χ2n) is 4.06. The summed E-state index contributed by atoms with van der Waals surface area (Å²) in [7, 11) is 0. The Hall–Kier alpha value is -1.36. The molecule has 0 spiro atoms. The second kappa shape index (κ2) is 5.12. The lowest BCUT2D eigenvalue weighted by molar-refractivity contribution is 0.128. The van der Waals surface area contributed by atoms with Crippen LogP contribution in [0, 0.1) is 5.92 Å². The molecule has 5 nitrogen and oxygen atoms in total. The van der Waals surface area contributed by atoms with Gasteiger partial charge in [-0.15, -0.1) is 0 Å². The molecular formula is C11H18N4O. The molecule has 0 amide bonds. The molecule has 1 aliphatic rings. The molecular weight excluding hydrogens is 204 g/mol. The van der Waals surface area contributed by atoms with E-state index in [2.05, 4.69) is 15.3 Å². The van der Waals surface area contributed by atoms with Crippen molar-refractivity contribution in [2.24, 2.45) is 5.92 Å². The first-order valence-electron chi connectivity index (χ1n) is 5.73. The Morgan fingerprint density at radius 3 is 3.00 bits per heavy atom. The Morgan fingerprint density at radius 1 is 1.50 bits per heavy atom. The summed E-state index contributed by atoms with van der Waals surface area (Å²) in [6.07, 6.45) is 2.64. The molecule has 1 aromatic heterocycles. The van der Waals surface area contributed by atoms with Gasteiger partial charge in [0.05, 0.1) is 0 Å². The minimum Gasteiger partial charge on any atom is -0.384 e. The number of hydrogen-bond donors (Lipinski definition) is 2. The maximum Gasteiger partial charge on any atom is 0.158 e. The molecule has 1 aromatic rings. The summed E-state index contributed by atoms with van der Waals surface area (Å²) >= 11 is 0. The van der Waals surface area contributed by atoms with E-state index in [1.54, 1.807) is 6.07 Å². The highest BCUT2D eigenvalue weighted by molar-refractivity contribution is 5.44. The predicted molar refractivity (Wildman–Crippen MR) is 63.0 cm³/mol. The van der Waals surface area contributed by atoms with Crippen LogP contribution in [0.1, 0.15) is 25.6 Å². The predicted octanol–water partition coefficient (Wildman–Crippen LogP) is 1.42. The van der Waals surface area contributed by atoms with Crippen LogP contribution in [0.25, 0.3) is 0 Å². The molecule has 0 radical (unpaired) electrons. The first kappa shape index (κ1) is 11.1. The third-order valence-corrected chi connectivity index (χ3v) is 2.50. The molecule has 0 atom stereocenters. The highest BCUT2D eigenvalue weighted by Gasteiger charge is 2.20. The van der Waals surface area contributed by atoms with Gasteiger partial charge in [-0.3, -0.25) is 0 Å². The maximum absolute atomic E-state index is 5.71. The zero-order chi connectivity index (χ0) is 11.4. The van der Waals surface area contributed by atoms with Gasteiger partial charge in [0.15, 0.2) is 5.82 Å². The first-order chi connectivity index (χ1) is 7.78. The summed E-state index contributed by atoms with van der Waals surface area (Å²) in [5.74, 6) is 2.74. The van der Waals surface area contributed by atoms with Gasteiger partial charge in [-0.2, -0.15) is 0 Å². The Kier molecular flexibility index (Phi) is 3.56. The van der Waals surface area contributed by atoms with Gasteiger partial charge in [0, 0.05) is 19.2 Å². The van der Waals surface area contributed by atoms with E-state index in [9.17, 15) is 0 Å². The Bertz CT molecular complexity index is 352. The van der Waals surface area contributed by atoms with E-state index in [4.69, 9.17) is 10.5 Å². The van der Waals surface area contributed by atoms with Crippen molar-refractivity contribution in [2.45, 2.75) is 26.4 Å². The number of rotatable bonds is 6. The molecule has 3 N–H and O–H groups in total. The van der Waals surface area contributed by atoms with Gasteiger partial charge in [-0.1, -0.05) is 0 Å². The largest absolute Gasteiger partial charge is 0.384 e. The number of ether oxygens (including phenoxy) is 1. The van der Waals surface area contributed by atoms with Crippen LogP contribution in [-0.2, 0) is 11.3 Å². The van der Waals surface area contributed by atoms with E-state index in [1.807, 2.05) is 6.92 Å². The molecule has 16 heavy (non-hydrogen) atoms. The molecule has 2 rings (SSSR count). The van der Waals surface area contributed by atoms with E-state index in [1.165, 1.54) is 12.8 Å². The van der Waals surface area contributed by atoms with Crippen LogP contribution < -0.4 is 11.1 Å². The Balaban J connectivity index is 1.96. The molecule has 5 heteroatoms. The van der Waals surface area contributed by atoms with E-state index < -0.39 is 0 Å². The summed E-state index contributed by atoms with van der Waals surface area (Å²) in [5.41, 5.74) is 5.71. The number of nitrogens with two attached hydrogens (primary N) is 1. The molecule has 0 aliphatic heterocycles. The van der Waals surface area contributed by atoms with E-state index in [0.717, 1.165) is 18.3 Å². The van der Waals surface area contributed by atoms with Gasteiger partial charge < -0.3 is 15.8 Å². The topological polar surface area (TPSA) is 73.1 Å². The lowest BCUT2D eigenvalue weighted by atomic mass is 10.4. The van der Waals surface area contributed by atoms with Crippen molar-refractivity contribution in [3.8, 4) is 0 Å². The number of anilines is 2. The highest BCUT2D eigenvalue weighted by atomic mass is 16.5. The van der Waals surface area contributed by atoms with Crippen LogP contribution in [0.3, 0.4) is 0 Å². The summed E-state index contributed by atoms with van der Waals surface area (Å²) in [6, 6.07) is 1.76. The number of hydrogen-bond acceptors (Lipinski definition) is 5. The van der Waals surface area contributed by atoms with Crippen molar-refractivity contribution in [2.75, 3.05) is 24.2 Å². The molecule has 0 bridgehead atoms. The lowest BCUT2D eigenvalue weighted by Crippen LogP contribution is -2.09. The van der Waals surface area contributed by atoms with Crippen LogP contribution in [-0.4, -0.2) is 23.1 Å². The van der Waals surface area contributed by atoms with Crippen LogP contribution in [0.5, 0.6) is 0 Å². The summed E-state index contributed by atoms with van der Waals surface area (Å²) in [6.45, 7) is 3.99. The third-order valence-electron chi connectivity index (χ3n) is 2.50. The van der Waals surface area contributed by atoms with E-state index in [0.29, 0.717) is 24.9 Å². The van der Waals surface area contributed by atoms with Crippen molar-refractivity contribution in [1.82, 2.24) is 9.97 Å². The number of nitrogens with zero attached hydrogens (tertiary/aromatic N) is 2. The molecule has 88 valence electrons. The van der Waals surface area contributed by atoms with Crippen LogP contribution in [0.4, 0.5) is 11.6 Å². The van der Waals surface area contributed by atoms with Crippen molar-refractivity contribution >= 4 is 11.6 Å².